The van der Waals surface area contributed by atoms with Crippen LogP contribution in [0.2, 0.25) is 0 Å². The largest absolute Gasteiger partial charge is 0.497 e. The Labute approximate surface area is 228 Å². The minimum atomic E-state index is -1.24. The van der Waals surface area contributed by atoms with Gasteiger partial charge in [-0.15, -0.1) is 0 Å². The van der Waals surface area contributed by atoms with Crippen LogP contribution in [0.15, 0.2) is 71.1 Å². The van der Waals surface area contributed by atoms with Gasteiger partial charge in [0.15, 0.2) is 11.1 Å². The number of aryl methyl sites for hydroxylation is 1. The fraction of sp³-hybridized carbons (Fsp3) is 0.375. The third-order valence-electron chi connectivity index (χ3n) is 8.34. The predicted molar refractivity (Wildman–Crippen MR) is 150 cm³/mol. The molecule has 202 valence electrons. The second-order valence-corrected chi connectivity index (χ2v) is 10.8. The molecule has 1 atom stereocenters. The number of benzene rings is 2. The molecule has 2 aliphatic rings. The van der Waals surface area contributed by atoms with Crippen molar-refractivity contribution in [3.63, 3.8) is 0 Å². The average molecular weight is 526 g/mol. The molecule has 1 saturated carbocycles. The van der Waals surface area contributed by atoms with Gasteiger partial charge in [0.1, 0.15) is 17.2 Å². The quantitative estimate of drug-likeness (QED) is 0.316. The number of furan rings is 1. The second-order valence-electron chi connectivity index (χ2n) is 10.8. The van der Waals surface area contributed by atoms with Crippen LogP contribution in [0.25, 0.3) is 11.1 Å². The lowest BCUT2D eigenvalue weighted by Gasteiger charge is -2.47. The summed E-state index contributed by atoms with van der Waals surface area (Å²) in [4.78, 5) is 30.8. The van der Waals surface area contributed by atoms with Crippen LogP contribution in [-0.2, 0) is 23.4 Å². The van der Waals surface area contributed by atoms with Gasteiger partial charge in [0.05, 0.1) is 19.2 Å². The number of ether oxygens (including phenoxy) is 1. The van der Waals surface area contributed by atoms with Crippen LogP contribution in [0.3, 0.4) is 0 Å². The lowest BCUT2D eigenvalue weighted by atomic mass is 9.83. The molecule has 39 heavy (non-hydrogen) atoms. The summed E-state index contributed by atoms with van der Waals surface area (Å²) in [5, 5.41) is 3.41. The van der Waals surface area contributed by atoms with Crippen molar-refractivity contribution in [2.45, 2.75) is 70.1 Å². The zero-order chi connectivity index (χ0) is 27.0. The van der Waals surface area contributed by atoms with Gasteiger partial charge < -0.3 is 23.9 Å². The monoisotopic (exact) mass is 525 g/mol. The van der Waals surface area contributed by atoms with Crippen LogP contribution in [-0.4, -0.2) is 34.4 Å². The van der Waals surface area contributed by atoms with E-state index in [0.717, 1.165) is 53.8 Å². The highest BCUT2D eigenvalue weighted by Gasteiger charge is 2.53. The number of amides is 2. The molecule has 2 amide bonds. The topological polar surface area (TPSA) is 76.7 Å². The Balaban J connectivity index is 1.50. The molecule has 1 fully saturated rings. The summed E-state index contributed by atoms with van der Waals surface area (Å²) in [6, 6.07) is 21.3. The highest BCUT2D eigenvalue weighted by molar-refractivity contribution is 6.03. The van der Waals surface area contributed by atoms with E-state index in [2.05, 4.69) is 5.32 Å². The number of rotatable bonds is 6. The van der Waals surface area contributed by atoms with E-state index < -0.39 is 5.54 Å². The van der Waals surface area contributed by atoms with Crippen molar-refractivity contribution < 1.29 is 18.7 Å². The van der Waals surface area contributed by atoms with Gasteiger partial charge in [-0.2, -0.15) is 0 Å². The summed E-state index contributed by atoms with van der Waals surface area (Å²) in [7, 11) is 1.63. The zero-order valence-electron chi connectivity index (χ0n) is 22.6. The number of carbonyl (C=O) groups excluding carboxylic acids is 2. The van der Waals surface area contributed by atoms with Crippen LogP contribution in [0.5, 0.6) is 5.75 Å². The van der Waals surface area contributed by atoms with Crippen molar-refractivity contribution in [2.75, 3.05) is 7.11 Å². The molecule has 6 rings (SSSR count). The van der Waals surface area contributed by atoms with E-state index in [1.54, 1.807) is 12.0 Å². The molecule has 0 bridgehead atoms. The van der Waals surface area contributed by atoms with E-state index in [1.165, 1.54) is 12.8 Å². The number of fused-ring (bicyclic) bond motifs is 3. The van der Waals surface area contributed by atoms with Crippen molar-refractivity contribution in [3.8, 4) is 5.75 Å². The summed E-state index contributed by atoms with van der Waals surface area (Å²) in [5.41, 5.74) is 2.51. The summed E-state index contributed by atoms with van der Waals surface area (Å²) < 4.78 is 13.2. The van der Waals surface area contributed by atoms with Crippen LogP contribution >= 0.6 is 0 Å². The predicted octanol–water partition coefficient (Wildman–Crippen LogP) is 5.94. The SMILES string of the molecule is COc1ccc(CN2C(=O)c3cc4oc(C)cc4n3C[C@@]2(C(=O)NC2CCCCCC2)c2ccccc2)cc1. The maximum absolute atomic E-state index is 14.7. The third kappa shape index (κ3) is 4.50. The van der Waals surface area contributed by atoms with E-state index in [9.17, 15) is 9.59 Å². The van der Waals surface area contributed by atoms with Gasteiger partial charge >= 0.3 is 0 Å². The Morgan fingerprint density at radius 2 is 1.74 bits per heavy atom. The Kier molecular flexibility index (Phi) is 6.67. The fourth-order valence-corrected chi connectivity index (χ4v) is 6.27. The first-order valence-electron chi connectivity index (χ1n) is 13.9. The molecular formula is C32H35N3O4. The van der Waals surface area contributed by atoms with E-state index in [1.807, 2.05) is 78.2 Å². The molecular weight excluding hydrogens is 490 g/mol. The van der Waals surface area contributed by atoms with Crippen molar-refractivity contribution in [1.82, 2.24) is 14.8 Å². The van der Waals surface area contributed by atoms with Gasteiger partial charge in [0.25, 0.3) is 11.8 Å². The molecule has 2 aromatic heterocycles. The summed E-state index contributed by atoms with van der Waals surface area (Å²) >= 11 is 0. The Hall–Kier alpha value is -4.00. The number of nitrogens with one attached hydrogen (secondary N) is 1. The minimum Gasteiger partial charge on any atom is -0.497 e. The molecule has 1 N–H and O–H groups in total. The van der Waals surface area contributed by atoms with Crippen LogP contribution in [0.1, 0.15) is 65.9 Å². The van der Waals surface area contributed by atoms with Gasteiger partial charge in [-0.05, 0) is 43.0 Å². The summed E-state index contributed by atoms with van der Waals surface area (Å²) in [6.45, 7) is 2.48. The normalized spacial score (nSPS) is 20.1. The maximum Gasteiger partial charge on any atom is 0.272 e. The molecule has 0 saturated heterocycles. The summed E-state index contributed by atoms with van der Waals surface area (Å²) in [6.07, 6.45) is 6.53. The first-order valence-corrected chi connectivity index (χ1v) is 13.9. The number of carbonyl (C=O) groups is 2. The van der Waals surface area contributed by atoms with E-state index in [4.69, 9.17) is 9.15 Å². The molecule has 1 aliphatic carbocycles. The molecule has 0 radical (unpaired) electrons. The molecule has 7 nitrogen and oxygen atoms in total. The number of hydrogen-bond donors (Lipinski definition) is 1. The average Bonchev–Trinajstić information content (AvgIpc) is 3.35. The van der Waals surface area contributed by atoms with Crippen molar-refractivity contribution in [3.05, 3.63) is 89.3 Å². The second kappa shape index (κ2) is 10.3. The number of hydrogen-bond acceptors (Lipinski definition) is 4. The zero-order valence-corrected chi connectivity index (χ0v) is 22.6. The van der Waals surface area contributed by atoms with Gasteiger partial charge in [-0.25, -0.2) is 0 Å². The smallest absolute Gasteiger partial charge is 0.272 e. The van der Waals surface area contributed by atoms with Gasteiger partial charge in [0.2, 0.25) is 0 Å². The Bertz CT molecular complexity index is 1480. The van der Waals surface area contributed by atoms with Gasteiger partial charge in [0, 0.05) is 24.7 Å². The Morgan fingerprint density at radius 1 is 1.03 bits per heavy atom. The molecule has 4 aromatic rings. The van der Waals surface area contributed by atoms with E-state index in [0.29, 0.717) is 17.8 Å². The van der Waals surface area contributed by atoms with Crippen molar-refractivity contribution in [1.29, 1.82) is 0 Å². The van der Waals surface area contributed by atoms with Crippen molar-refractivity contribution >= 4 is 22.9 Å². The lowest BCUT2D eigenvalue weighted by Crippen LogP contribution is -2.63. The number of methoxy groups -OCH3 is 1. The van der Waals surface area contributed by atoms with Crippen LogP contribution in [0.4, 0.5) is 0 Å². The van der Waals surface area contributed by atoms with Gasteiger partial charge in [-0.1, -0.05) is 68.1 Å². The van der Waals surface area contributed by atoms with E-state index in [-0.39, 0.29) is 24.4 Å². The van der Waals surface area contributed by atoms with E-state index >= 15 is 0 Å². The first-order chi connectivity index (χ1) is 19.0. The highest BCUT2D eigenvalue weighted by atomic mass is 16.5. The molecule has 7 heteroatoms. The molecule has 3 heterocycles. The standard InChI is InChI=1S/C32H35N3O4/c1-22-18-27-29(39-22)19-28-30(36)35(20-23-14-16-26(38-2)17-15-23)32(21-34(27)28,24-10-6-5-7-11-24)31(37)33-25-12-8-3-4-9-13-25/h5-7,10-11,14-19,25H,3-4,8-9,12-13,20-21H2,1-2H3,(H,33,37)/t32-/m0/s1. The summed E-state index contributed by atoms with van der Waals surface area (Å²) in [5.74, 6) is 1.20. The van der Waals surface area contributed by atoms with Crippen molar-refractivity contribution in [2.24, 2.45) is 0 Å². The van der Waals surface area contributed by atoms with Gasteiger partial charge in [-0.3, -0.25) is 9.59 Å². The Morgan fingerprint density at radius 3 is 2.44 bits per heavy atom. The molecule has 0 unspecified atom stereocenters. The lowest BCUT2D eigenvalue weighted by molar-refractivity contribution is -0.136. The fourth-order valence-electron chi connectivity index (χ4n) is 6.27. The number of nitrogens with zero attached hydrogens (tertiary/aromatic N) is 2. The number of aromatic nitrogens is 1. The minimum absolute atomic E-state index is 0.0979. The van der Waals surface area contributed by atoms with Crippen LogP contribution in [0, 0.1) is 6.92 Å². The first kappa shape index (κ1) is 25.3. The third-order valence-corrected chi connectivity index (χ3v) is 8.34. The maximum atomic E-state index is 14.7. The highest BCUT2D eigenvalue weighted by Crippen LogP contribution is 2.41. The van der Waals surface area contributed by atoms with Crippen LogP contribution < -0.4 is 10.1 Å². The molecule has 2 aromatic carbocycles. The molecule has 1 aliphatic heterocycles. The molecule has 0 spiro atoms.